The van der Waals surface area contributed by atoms with E-state index >= 15 is 0 Å². The van der Waals surface area contributed by atoms with Crippen LogP contribution >= 0.6 is 46.4 Å². The van der Waals surface area contributed by atoms with Crippen molar-refractivity contribution in [1.82, 2.24) is 15.8 Å². The van der Waals surface area contributed by atoms with Gasteiger partial charge in [-0.1, -0.05) is 69.8 Å². The largest absolute Gasteiger partial charge is 0.481 e. The summed E-state index contributed by atoms with van der Waals surface area (Å²) in [6.45, 7) is 4.79. The SMILES string of the molecule is CC(C)(C)OC(=O)NC(CCC(=O)O)C(=O)NCCN(C(=O)C(Cl)Cl)c1cccc(-c2cc(-c3c(Cl)cccc3Cl)no2)c1. The molecule has 0 aliphatic heterocycles. The first kappa shape index (κ1) is 35.0. The van der Waals surface area contributed by atoms with Crippen molar-refractivity contribution in [1.29, 1.82) is 0 Å². The maximum atomic E-state index is 13.0. The lowest BCUT2D eigenvalue weighted by molar-refractivity contribution is -0.137. The molecule has 1 atom stereocenters. The lowest BCUT2D eigenvalue weighted by Gasteiger charge is -2.25. The number of halogens is 4. The number of anilines is 1. The fraction of sp³-hybridized carbons (Fsp3) is 0.345. The Morgan fingerprint density at radius 3 is 2.32 bits per heavy atom. The van der Waals surface area contributed by atoms with Gasteiger partial charge in [0, 0.05) is 42.4 Å². The van der Waals surface area contributed by atoms with Gasteiger partial charge in [-0.05, 0) is 51.5 Å². The van der Waals surface area contributed by atoms with Crippen molar-refractivity contribution in [2.24, 2.45) is 0 Å². The van der Waals surface area contributed by atoms with Crippen molar-refractivity contribution < 1.29 is 33.5 Å². The molecule has 0 fully saturated rings. The first-order valence-corrected chi connectivity index (χ1v) is 14.9. The van der Waals surface area contributed by atoms with Crippen LogP contribution in [0.1, 0.15) is 33.6 Å². The number of carboxylic acid groups (broad SMARTS) is 1. The number of carboxylic acids is 1. The number of alkyl carbamates (subject to hydrolysis) is 1. The summed E-state index contributed by atoms with van der Waals surface area (Å²) >= 11 is 24.4. The van der Waals surface area contributed by atoms with Crippen LogP contribution in [-0.4, -0.2) is 63.7 Å². The van der Waals surface area contributed by atoms with E-state index in [9.17, 15) is 19.2 Å². The van der Waals surface area contributed by atoms with E-state index in [0.29, 0.717) is 38.3 Å². The van der Waals surface area contributed by atoms with Crippen molar-refractivity contribution in [2.75, 3.05) is 18.0 Å². The van der Waals surface area contributed by atoms with Crippen molar-refractivity contribution in [3.63, 3.8) is 0 Å². The molecule has 236 valence electrons. The third kappa shape index (κ3) is 10.0. The Hall–Kier alpha value is -3.51. The van der Waals surface area contributed by atoms with Gasteiger partial charge in [-0.15, -0.1) is 0 Å². The smallest absolute Gasteiger partial charge is 0.408 e. The summed E-state index contributed by atoms with van der Waals surface area (Å²) in [5, 5.41) is 19.0. The molecule has 11 nitrogen and oxygen atoms in total. The Morgan fingerprint density at radius 1 is 1.05 bits per heavy atom. The van der Waals surface area contributed by atoms with Crippen LogP contribution in [0.15, 0.2) is 53.1 Å². The summed E-state index contributed by atoms with van der Waals surface area (Å²) in [5.74, 6) is -2.11. The molecule has 44 heavy (non-hydrogen) atoms. The normalized spacial score (nSPS) is 12.0. The third-order valence-electron chi connectivity index (χ3n) is 5.91. The highest BCUT2D eigenvalue weighted by Crippen LogP contribution is 2.36. The first-order chi connectivity index (χ1) is 20.7. The molecule has 2 aromatic carbocycles. The number of ether oxygens (including phenoxy) is 1. The number of carbonyl (C=O) groups is 4. The molecule has 0 saturated heterocycles. The van der Waals surface area contributed by atoms with Gasteiger partial charge in [0.15, 0.2) is 10.6 Å². The van der Waals surface area contributed by atoms with E-state index in [0.717, 1.165) is 0 Å². The van der Waals surface area contributed by atoms with Crippen LogP contribution in [0.4, 0.5) is 10.5 Å². The summed E-state index contributed by atoms with van der Waals surface area (Å²) in [6, 6.07) is 12.2. The van der Waals surface area contributed by atoms with Gasteiger partial charge in [-0.25, -0.2) is 4.79 Å². The first-order valence-electron chi connectivity index (χ1n) is 13.3. The minimum Gasteiger partial charge on any atom is -0.481 e. The summed E-state index contributed by atoms with van der Waals surface area (Å²) in [6.07, 6.45) is -1.44. The maximum absolute atomic E-state index is 13.0. The second-order valence-electron chi connectivity index (χ2n) is 10.4. The van der Waals surface area contributed by atoms with Crippen LogP contribution in [0.25, 0.3) is 22.6 Å². The van der Waals surface area contributed by atoms with E-state index in [1.807, 2.05) is 0 Å². The number of rotatable bonds is 12. The number of aliphatic carboxylic acids is 1. The van der Waals surface area contributed by atoms with Crippen molar-refractivity contribution in [2.45, 2.75) is 50.1 Å². The topological polar surface area (TPSA) is 151 Å². The number of carbonyl (C=O) groups excluding carboxylic acids is 3. The molecule has 0 aliphatic rings. The van der Waals surface area contributed by atoms with Crippen LogP contribution in [0.2, 0.25) is 10.0 Å². The number of hydrogen-bond donors (Lipinski definition) is 3. The highest BCUT2D eigenvalue weighted by atomic mass is 35.5. The average molecular weight is 688 g/mol. The lowest BCUT2D eigenvalue weighted by atomic mass is 10.1. The molecule has 1 heterocycles. The molecule has 0 bridgehead atoms. The summed E-state index contributed by atoms with van der Waals surface area (Å²) < 4.78 is 10.7. The predicted octanol–water partition coefficient (Wildman–Crippen LogP) is 6.33. The van der Waals surface area contributed by atoms with Crippen molar-refractivity contribution in [3.05, 3.63) is 58.6 Å². The molecule has 15 heteroatoms. The number of alkyl halides is 2. The zero-order valence-electron chi connectivity index (χ0n) is 23.9. The molecular weight excluding hydrogens is 658 g/mol. The summed E-state index contributed by atoms with van der Waals surface area (Å²) in [4.78, 5) is 49.1. The van der Waals surface area contributed by atoms with Crippen LogP contribution in [0, 0.1) is 0 Å². The van der Waals surface area contributed by atoms with Gasteiger partial charge in [0.2, 0.25) is 5.91 Å². The number of aromatic nitrogens is 1. The number of amides is 3. The van der Waals surface area contributed by atoms with Crippen LogP contribution in [-0.2, 0) is 19.1 Å². The van der Waals surface area contributed by atoms with E-state index < -0.39 is 40.4 Å². The van der Waals surface area contributed by atoms with Gasteiger partial charge in [0.1, 0.15) is 17.3 Å². The van der Waals surface area contributed by atoms with E-state index in [-0.39, 0.29) is 25.9 Å². The average Bonchev–Trinajstić information content (AvgIpc) is 3.41. The molecule has 0 aliphatic carbocycles. The van der Waals surface area contributed by atoms with Gasteiger partial charge >= 0.3 is 12.1 Å². The minimum absolute atomic E-state index is 0.0705. The molecular formula is C29H30Cl4N4O7. The highest BCUT2D eigenvalue weighted by Gasteiger charge is 2.27. The molecule has 3 N–H and O–H groups in total. The van der Waals surface area contributed by atoms with E-state index in [1.54, 1.807) is 69.3 Å². The van der Waals surface area contributed by atoms with Crippen LogP contribution in [0.5, 0.6) is 0 Å². The molecule has 0 spiro atoms. The molecule has 0 radical (unpaired) electrons. The Morgan fingerprint density at radius 2 is 1.70 bits per heavy atom. The number of nitrogens with zero attached hydrogens (tertiary/aromatic N) is 2. The zero-order valence-corrected chi connectivity index (χ0v) is 26.9. The van der Waals surface area contributed by atoms with Crippen LogP contribution < -0.4 is 15.5 Å². The van der Waals surface area contributed by atoms with E-state index in [4.69, 9.17) is 60.8 Å². The molecule has 3 rings (SSSR count). The minimum atomic E-state index is -1.41. The third-order valence-corrected chi connectivity index (χ3v) is 6.92. The molecule has 3 aromatic rings. The Kier molecular flexibility index (Phi) is 12.3. The van der Waals surface area contributed by atoms with Gasteiger partial charge < -0.3 is 29.9 Å². The number of benzene rings is 2. The Bertz CT molecular complexity index is 1490. The fourth-order valence-electron chi connectivity index (χ4n) is 3.98. The van der Waals surface area contributed by atoms with Gasteiger partial charge in [0.05, 0.1) is 10.0 Å². The van der Waals surface area contributed by atoms with E-state index in [1.165, 1.54) is 4.90 Å². The molecule has 1 aromatic heterocycles. The van der Waals surface area contributed by atoms with Crippen molar-refractivity contribution >= 4 is 76.0 Å². The lowest BCUT2D eigenvalue weighted by Crippen LogP contribution is -2.50. The Labute approximate surface area is 273 Å². The maximum Gasteiger partial charge on any atom is 0.408 e. The van der Waals surface area contributed by atoms with E-state index in [2.05, 4.69) is 15.8 Å². The second-order valence-corrected chi connectivity index (χ2v) is 12.3. The standard InChI is InChI=1S/C29H30Cl4N4O7/c1-29(2,3)43-28(42)35-20(10-11-23(38)39)26(40)34-12-13-37(27(41)25(32)33)17-7-4-6-16(14-17)22-15-21(36-44-22)24-18(30)8-5-9-19(24)31/h4-9,14-15,20,25H,10-13H2,1-3H3,(H,34,40)(H,35,42)(H,38,39). The molecule has 1 unspecified atom stereocenters. The van der Waals surface area contributed by atoms with Crippen LogP contribution in [0.3, 0.4) is 0 Å². The summed E-state index contributed by atoms with van der Waals surface area (Å²) in [5.41, 5.74) is 1.03. The summed E-state index contributed by atoms with van der Waals surface area (Å²) in [7, 11) is 0. The highest BCUT2D eigenvalue weighted by molar-refractivity contribution is 6.54. The number of nitrogens with one attached hydrogen (secondary N) is 2. The monoisotopic (exact) mass is 686 g/mol. The van der Waals surface area contributed by atoms with Crippen molar-refractivity contribution in [3.8, 4) is 22.6 Å². The van der Waals surface area contributed by atoms with Gasteiger partial charge in [-0.2, -0.15) is 0 Å². The van der Waals surface area contributed by atoms with Gasteiger partial charge in [-0.3, -0.25) is 14.4 Å². The molecule has 0 saturated carbocycles. The molecule has 3 amide bonds. The number of hydrogen-bond acceptors (Lipinski definition) is 7. The predicted molar refractivity (Wildman–Crippen MR) is 168 cm³/mol. The fourth-order valence-corrected chi connectivity index (χ4v) is 4.81. The van der Waals surface area contributed by atoms with Gasteiger partial charge in [0.25, 0.3) is 5.91 Å². The second kappa shape index (κ2) is 15.5. The quantitative estimate of drug-likeness (QED) is 0.187. The zero-order chi connectivity index (χ0) is 32.6. The Balaban J connectivity index is 1.77.